The van der Waals surface area contributed by atoms with E-state index in [4.69, 9.17) is 20.9 Å². The van der Waals surface area contributed by atoms with Crippen LogP contribution >= 0.6 is 0 Å². The van der Waals surface area contributed by atoms with Crippen molar-refractivity contribution in [3.63, 3.8) is 0 Å². The monoisotopic (exact) mass is 293 g/mol. The molecular formula is C18H17N2O2. The number of hydrogen-bond donors (Lipinski definition) is 2. The molecule has 0 unspecified atom stereocenters. The van der Waals surface area contributed by atoms with Gasteiger partial charge in [0, 0.05) is 42.1 Å². The van der Waals surface area contributed by atoms with Gasteiger partial charge in [-0.25, -0.2) is 0 Å². The fraction of sp³-hybridized carbons (Fsp3) is 0.0556. The standard InChI is InChI=1S/C18H17N2O2/c19-14-6-4-8-16(12-14)21-18(10-2-1-3-11-18)22-17-9-5-7-15(20)13-17/h1-13H,19-20H2. The lowest BCUT2D eigenvalue weighted by atomic mass is 10.1. The van der Waals surface area contributed by atoms with Crippen LogP contribution in [0.2, 0.25) is 0 Å². The highest BCUT2D eigenvalue weighted by molar-refractivity contribution is 5.46. The number of hydrogen-bond acceptors (Lipinski definition) is 4. The zero-order valence-electron chi connectivity index (χ0n) is 12.0. The molecule has 3 rings (SSSR count). The molecule has 0 amide bonds. The van der Waals surface area contributed by atoms with E-state index in [1.54, 1.807) is 24.3 Å². The zero-order valence-corrected chi connectivity index (χ0v) is 12.0. The summed E-state index contributed by atoms with van der Waals surface area (Å²) in [4.78, 5) is 0. The molecular weight excluding hydrogens is 276 g/mol. The summed E-state index contributed by atoms with van der Waals surface area (Å²) in [7, 11) is 0. The molecule has 0 bridgehead atoms. The second-order valence-electron chi connectivity index (χ2n) is 4.98. The van der Waals surface area contributed by atoms with Gasteiger partial charge in [0.2, 0.25) is 0 Å². The molecule has 2 aromatic carbocycles. The number of anilines is 2. The molecule has 0 saturated heterocycles. The van der Waals surface area contributed by atoms with Crippen molar-refractivity contribution in [1.29, 1.82) is 0 Å². The molecule has 0 saturated carbocycles. The van der Waals surface area contributed by atoms with Crippen LogP contribution in [0.5, 0.6) is 11.5 Å². The van der Waals surface area contributed by atoms with Gasteiger partial charge in [-0.05, 0) is 24.3 Å². The summed E-state index contributed by atoms with van der Waals surface area (Å²) in [6, 6.07) is 14.5. The van der Waals surface area contributed by atoms with E-state index in [0.29, 0.717) is 22.9 Å². The maximum Gasteiger partial charge on any atom is 0.291 e. The van der Waals surface area contributed by atoms with E-state index in [9.17, 15) is 0 Å². The molecule has 4 N–H and O–H groups in total. The first-order chi connectivity index (χ1) is 10.7. The average Bonchev–Trinajstić information content (AvgIpc) is 2.48. The third kappa shape index (κ3) is 3.23. The predicted octanol–water partition coefficient (Wildman–Crippen LogP) is 3.34. The summed E-state index contributed by atoms with van der Waals surface area (Å²) >= 11 is 0. The van der Waals surface area contributed by atoms with Crippen LogP contribution in [0.4, 0.5) is 11.4 Å². The van der Waals surface area contributed by atoms with E-state index < -0.39 is 5.79 Å². The molecule has 1 aliphatic rings. The van der Waals surface area contributed by atoms with E-state index in [1.165, 1.54) is 0 Å². The normalized spacial score (nSPS) is 15.5. The van der Waals surface area contributed by atoms with E-state index in [1.807, 2.05) is 55.0 Å². The number of nitrogen functional groups attached to an aromatic ring is 2. The van der Waals surface area contributed by atoms with Crippen LogP contribution in [0.3, 0.4) is 0 Å². The minimum absolute atomic E-state index is 0.625. The Bertz CT molecular complexity index is 661. The second kappa shape index (κ2) is 5.85. The largest absolute Gasteiger partial charge is 0.445 e. The Labute approximate surface area is 129 Å². The Kier molecular flexibility index (Phi) is 3.74. The summed E-state index contributed by atoms with van der Waals surface area (Å²) < 4.78 is 12.1. The number of rotatable bonds is 4. The van der Waals surface area contributed by atoms with Crippen molar-refractivity contribution in [3.8, 4) is 11.5 Å². The Morgan fingerprint density at radius 2 is 1.23 bits per heavy atom. The van der Waals surface area contributed by atoms with Crippen LogP contribution in [0.25, 0.3) is 0 Å². The third-order valence-corrected chi connectivity index (χ3v) is 3.15. The van der Waals surface area contributed by atoms with Gasteiger partial charge in [-0.3, -0.25) is 0 Å². The molecule has 0 heterocycles. The van der Waals surface area contributed by atoms with Gasteiger partial charge in [0.25, 0.3) is 5.79 Å². The summed E-state index contributed by atoms with van der Waals surface area (Å²) in [5.41, 5.74) is 12.9. The Hall–Kier alpha value is -2.88. The van der Waals surface area contributed by atoms with E-state index in [0.717, 1.165) is 0 Å². The first-order valence-electron chi connectivity index (χ1n) is 6.95. The van der Waals surface area contributed by atoms with Crippen molar-refractivity contribution in [2.24, 2.45) is 0 Å². The van der Waals surface area contributed by atoms with Crippen LogP contribution < -0.4 is 20.9 Å². The van der Waals surface area contributed by atoms with Crippen molar-refractivity contribution in [3.05, 3.63) is 79.3 Å². The van der Waals surface area contributed by atoms with Gasteiger partial charge < -0.3 is 20.9 Å². The van der Waals surface area contributed by atoms with Gasteiger partial charge in [-0.1, -0.05) is 24.3 Å². The Morgan fingerprint density at radius 1 is 0.727 bits per heavy atom. The Balaban J connectivity index is 1.90. The first kappa shape index (κ1) is 14.1. The van der Waals surface area contributed by atoms with Crippen LogP contribution in [0, 0.1) is 6.42 Å². The molecule has 22 heavy (non-hydrogen) atoms. The lowest BCUT2D eigenvalue weighted by molar-refractivity contribution is -0.0282. The molecule has 0 atom stereocenters. The number of allylic oxidation sites excluding steroid dienone is 2. The molecule has 1 aliphatic carbocycles. The smallest absolute Gasteiger partial charge is 0.291 e. The fourth-order valence-electron chi connectivity index (χ4n) is 2.18. The van der Waals surface area contributed by atoms with E-state index in [-0.39, 0.29) is 0 Å². The van der Waals surface area contributed by atoms with E-state index >= 15 is 0 Å². The average molecular weight is 293 g/mol. The third-order valence-electron chi connectivity index (χ3n) is 3.15. The minimum Gasteiger partial charge on any atom is -0.445 e. The van der Waals surface area contributed by atoms with Gasteiger partial charge in [0.15, 0.2) is 0 Å². The highest BCUT2D eigenvalue weighted by Gasteiger charge is 2.30. The molecule has 0 spiro atoms. The van der Waals surface area contributed by atoms with Gasteiger partial charge >= 0.3 is 0 Å². The van der Waals surface area contributed by atoms with Crippen molar-refractivity contribution in [2.75, 3.05) is 11.5 Å². The summed E-state index contributed by atoms with van der Waals surface area (Å²) in [5, 5.41) is 0. The van der Waals surface area contributed by atoms with Crippen molar-refractivity contribution in [1.82, 2.24) is 0 Å². The number of nitrogens with two attached hydrogens (primary N) is 2. The Morgan fingerprint density at radius 3 is 1.68 bits per heavy atom. The SMILES string of the molecule is Nc1cccc(OC2(Oc3cccc(N)c3)C=C[CH]C=C2)c1. The van der Waals surface area contributed by atoms with Crippen LogP contribution in [0.1, 0.15) is 0 Å². The van der Waals surface area contributed by atoms with Gasteiger partial charge in [0.05, 0.1) is 0 Å². The van der Waals surface area contributed by atoms with Crippen molar-refractivity contribution >= 4 is 11.4 Å². The van der Waals surface area contributed by atoms with Gasteiger partial charge in [-0.15, -0.1) is 0 Å². The minimum atomic E-state index is -1.03. The molecule has 2 aromatic rings. The lowest BCUT2D eigenvalue weighted by Gasteiger charge is -2.31. The van der Waals surface area contributed by atoms with Gasteiger partial charge in [-0.2, -0.15) is 0 Å². The van der Waals surface area contributed by atoms with Crippen molar-refractivity contribution in [2.45, 2.75) is 5.79 Å². The molecule has 0 aromatic heterocycles. The summed E-state index contributed by atoms with van der Waals surface area (Å²) in [5.74, 6) is 0.219. The molecule has 111 valence electrons. The zero-order chi connectivity index (χ0) is 15.4. The number of ether oxygens (including phenoxy) is 2. The van der Waals surface area contributed by atoms with Crippen LogP contribution in [0.15, 0.2) is 72.8 Å². The van der Waals surface area contributed by atoms with Crippen LogP contribution in [-0.2, 0) is 0 Å². The lowest BCUT2D eigenvalue weighted by Crippen LogP contribution is -2.39. The molecule has 4 nitrogen and oxygen atoms in total. The molecule has 0 fully saturated rings. The summed E-state index contributed by atoms with van der Waals surface area (Å²) in [6.45, 7) is 0. The molecule has 4 heteroatoms. The van der Waals surface area contributed by atoms with Crippen molar-refractivity contribution < 1.29 is 9.47 Å². The quantitative estimate of drug-likeness (QED) is 0.670. The van der Waals surface area contributed by atoms with Crippen LogP contribution in [-0.4, -0.2) is 5.79 Å². The first-order valence-corrected chi connectivity index (χ1v) is 6.95. The number of benzene rings is 2. The highest BCUT2D eigenvalue weighted by atomic mass is 16.7. The van der Waals surface area contributed by atoms with Gasteiger partial charge in [0.1, 0.15) is 11.5 Å². The topological polar surface area (TPSA) is 70.5 Å². The second-order valence-corrected chi connectivity index (χ2v) is 4.98. The maximum absolute atomic E-state index is 6.03. The molecule has 0 aliphatic heterocycles. The predicted molar refractivity (Wildman–Crippen MR) is 88.3 cm³/mol. The highest BCUT2D eigenvalue weighted by Crippen LogP contribution is 2.29. The maximum atomic E-state index is 6.03. The van der Waals surface area contributed by atoms with E-state index in [2.05, 4.69) is 0 Å². The summed E-state index contributed by atoms with van der Waals surface area (Å²) in [6.07, 6.45) is 9.32. The molecule has 1 radical (unpaired) electrons. The fourth-order valence-corrected chi connectivity index (χ4v) is 2.18.